The summed E-state index contributed by atoms with van der Waals surface area (Å²) in [7, 11) is 0. The van der Waals surface area contributed by atoms with Gasteiger partial charge in [0.2, 0.25) is 0 Å². The molecule has 0 bridgehead atoms. The molecule has 0 unspecified atom stereocenters. The van der Waals surface area contributed by atoms with Crippen LogP contribution in [0.3, 0.4) is 0 Å². The van der Waals surface area contributed by atoms with Crippen LogP contribution >= 0.6 is 0 Å². The Morgan fingerprint density at radius 1 is 1.03 bits per heavy atom. The number of ether oxygens (including phenoxy) is 1. The summed E-state index contributed by atoms with van der Waals surface area (Å²) in [6.45, 7) is 8.14. The van der Waals surface area contributed by atoms with Crippen molar-refractivity contribution >= 4 is 23.5 Å². The molecule has 0 aliphatic carbocycles. The summed E-state index contributed by atoms with van der Waals surface area (Å²) in [6.07, 6.45) is 0.529. The molecule has 3 aromatic rings. The van der Waals surface area contributed by atoms with Crippen LogP contribution in [0.25, 0.3) is 0 Å². The van der Waals surface area contributed by atoms with Crippen molar-refractivity contribution in [3.63, 3.8) is 0 Å². The van der Waals surface area contributed by atoms with Gasteiger partial charge in [-0.1, -0.05) is 12.1 Å². The van der Waals surface area contributed by atoms with Gasteiger partial charge in [-0.05, 0) is 62.7 Å². The van der Waals surface area contributed by atoms with Crippen LogP contribution in [-0.4, -0.2) is 59.7 Å². The average molecular weight is 492 g/mol. The predicted octanol–water partition coefficient (Wildman–Crippen LogP) is 4.35. The predicted molar refractivity (Wildman–Crippen MR) is 136 cm³/mol. The normalized spacial score (nSPS) is 13.4. The molecule has 1 fully saturated rings. The first-order valence-corrected chi connectivity index (χ1v) is 12.0. The van der Waals surface area contributed by atoms with E-state index in [9.17, 15) is 14.0 Å². The maximum absolute atomic E-state index is 13.7. The molecule has 0 spiro atoms. The minimum absolute atomic E-state index is 0.200. The Hall–Kier alpha value is -4.01. The number of benzene rings is 2. The van der Waals surface area contributed by atoms with Gasteiger partial charge >= 0.3 is 12.0 Å². The molecule has 2 aromatic carbocycles. The number of hydrogen-bond donors (Lipinski definition) is 1. The van der Waals surface area contributed by atoms with E-state index in [0.717, 1.165) is 22.6 Å². The molecule has 1 saturated heterocycles. The molecule has 2 amide bonds. The van der Waals surface area contributed by atoms with E-state index in [2.05, 4.69) is 15.2 Å². The lowest BCUT2D eigenvalue weighted by Crippen LogP contribution is -2.50. The number of aromatic nitrogens is 2. The van der Waals surface area contributed by atoms with Gasteiger partial charge < -0.3 is 19.9 Å². The van der Waals surface area contributed by atoms with Gasteiger partial charge in [0, 0.05) is 49.5 Å². The second-order valence-electron chi connectivity index (χ2n) is 8.67. The third-order valence-electron chi connectivity index (χ3n) is 6.09. The highest BCUT2D eigenvalue weighted by molar-refractivity contribution is 5.92. The van der Waals surface area contributed by atoms with Crippen molar-refractivity contribution in [2.45, 2.75) is 27.2 Å². The first-order valence-electron chi connectivity index (χ1n) is 12.0. The van der Waals surface area contributed by atoms with Gasteiger partial charge in [0.25, 0.3) is 0 Å². The van der Waals surface area contributed by atoms with E-state index in [0.29, 0.717) is 56.3 Å². The molecular formula is C27H30FN5O3. The molecular weight excluding hydrogens is 461 g/mol. The number of halogens is 1. The van der Waals surface area contributed by atoms with Gasteiger partial charge in [0.1, 0.15) is 17.5 Å². The summed E-state index contributed by atoms with van der Waals surface area (Å²) in [6, 6.07) is 13.0. The fourth-order valence-corrected chi connectivity index (χ4v) is 4.27. The number of nitrogens with one attached hydrogen (secondary N) is 1. The third kappa shape index (κ3) is 5.97. The maximum atomic E-state index is 13.7. The molecule has 1 aliphatic rings. The molecule has 0 atom stereocenters. The SMILES string of the molecule is CCOC(=O)c1ccc(NC(=O)N2CCN(c3nc(C)nc(C)c3Cc3cccc(F)c3)CC2)cc1. The molecule has 1 N–H and O–H groups in total. The number of esters is 1. The maximum Gasteiger partial charge on any atom is 0.338 e. The minimum atomic E-state index is -0.390. The van der Waals surface area contributed by atoms with Crippen molar-refractivity contribution in [2.24, 2.45) is 0 Å². The zero-order valence-corrected chi connectivity index (χ0v) is 20.8. The van der Waals surface area contributed by atoms with E-state index < -0.39 is 5.97 Å². The standard InChI is InChI=1S/C27H30FN5O3/c1-4-36-26(34)21-8-10-23(11-9-21)31-27(35)33-14-12-32(13-15-33)25-24(18(2)29-19(3)30-25)17-20-6-5-7-22(28)16-20/h5-11,16H,4,12-15,17H2,1-3H3,(H,31,35). The number of urea groups is 1. The number of nitrogens with zero attached hydrogens (tertiary/aromatic N) is 4. The monoisotopic (exact) mass is 491 g/mol. The Morgan fingerprint density at radius 2 is 1.75 bits per heavy atom. The number of aryl methyl sites for hydroxylation is 2. The minimum Gasteiger partial charge on any atom is -0.462 e. The van der Waals surface area contributed by atoms with Crippen molar-refractivity contribution in [1.29, 1.82) is 0 Å². The fourth-order valence-electron chi connectivity index (χ4n) is 4.27. The lowest BCUT2D eigenvalue weighted by molar-refractivity contribution is 0.0526. The van der Waals surface area contributed by atoms with Crippen molar-refractivity contribution in [2.75, 3.05) is 43.0 Å². The highest BCUT2D eigenvalue weighted by Crippen LogP contribution is 2.25. The summed E-state index contributed by atoms with van der Waals surface area (Å²) < 4.78 is 18.7. The molecule has 1 aliphatic heterocycles. The molecule has 8 nitrogen and oxygen atoms in total. The van der Waals surface area contributed by atoms with Crippen LogP contribution in [0.15, 0.2) is 48.5 Å². The zero-order chi connectivity index (χ0) is 25.7. The van der Waals surface area contributed by atoms with Crippen molar-refractivity contribution in [1.82, 2.24) is 14.9 Å². The highest BCUT2D eigenvalue weighted by atomic mass is 19.1. The molecule has 9 heteroatoms. The van der Waals surface area contributed by atoms with Crippen molar-refractivity contribution in [3.05, 3.63) is 82.6 Å². The summed E-state index contributed by atoms with van der Waals surface area (Å²) in [5.74, 6) is 0.851. The summed E-state index contributed by atoms with van der Waals surface area (Å²) in [5.41, 5.74) is 3.74. The fraction of sp³-hybridized carbons (Fsp3) is 0.333. The van der Waals surface area contributed by atoms with Gasteiger partial charge in [0.15, 0.2) is 0 Å². The first kappa shape index (κ1) is 25.1. The van der Waals surface area contributed by atoms with E-state index in [1.807, 2.05) is 19.9 Å². The van der Waals surface area contributed by atoms with Gasteiger partial charge in [-0.2, -0.15) is 0 Å². The van der Waals surface area contributed by atoms with E-state index >= 15 is 0 Å². The van der Waals surface area contributed by atoms with E-state index in [1.54, 1.807) is 42.2 Å². The molecule has 1 aromatic heterocycles. The Labute approximate surface area is 210 Å². The number of rotatable bonds is 6. The lowest BCUT2D eigenvalue weighted by Gasteiger charge is -2.36. The molecule has 2 heterocycles. The number of carbonyl (C=O) groups excluding carboxylic acids is 2. The number of hydrogen-bond acceptors (Lipinski definition) is 6. The van der Waals surface area contributed by atoms with E-state index in [1.165, 1.54) is 12.1 Å². The van der Waals surface area contributed by atoms with Crippen LogP contribution in [0, 0.1) is 19.7 Å². The molecule has 4 rings (SSSR count). The summed E-state index contributed by atoms with van der Waals surface area (Å²) in [5, 5.41) is 2.89. The summed E-state index contributed by atoms with van der Waals surface area (Å²) in [4.78, 5) is 37.8. The second-order valence-corrected chi connectivity index (χ2v) is 8.67. The number of amides is 2. The molecule has 0 saturated carbocycles. The van der Waals surface area contributed by atoms with Crippen LogP contribution in [-0.2, 0) is 11.2 Å². The quantitative estimate of drug-likeness (QED) is 0.516. The number of carbonyl (C=O) groups is 2. The van der Waals surface area contributed by atoms with Crippen molar-refractivity contribution < 1.29 is 18.7 Å². The molecule has 36 heavy (non-hydrogen) atoms. The van der Waals surface area contributed by atoms with Crippen LogP contribution in [0.5, 0.6) is 0 Å². The highest BCUT2D eigenvalue weighted by Gasteiger charge is 2.25. The summed E-state index contributed by atoms with van der Waals surface area (Å²) >= 11 is 0. The largest absolute Gasteiger partial charge is 0.462 e. The second kappa shape index (κ2) is 11.2. The van der Waals surface area contributed by atoms with Crippen LogP contribution in [0.1, 0.15) is 39.9 Å². The van der Waals surface area contributed by atoms with Gasteiger partial charge in [0.05, 0.1) is 12.2 Å². The Kier molecular flexibility index (Phi) is 7.77. The van der Waals surface area contributed by atoms with E-state index in [-0.39, 0.29) is 11.8 Å². The Bertz CT molecular complexity index is 1240. The smallest absolute Gasteiger partial charge is 0.338 e. The zero-order valence-electron chi connectivity index (χ0n) is 20.8. The third-order valence-corrected chi connectivity index (χ3v) is 6.09. The van der Waals surface area contributed by atoms with Crippen LogP contribution in [0.4, 0.5) is 20.7 Å². The first-order chi connectivity index (χ1) is 17.3. The van der Waals surface area contributed by atoms with Gasteiger partial charge in [-0.15, -0.1) is 0 Å². The van der Waals surface area contributed by atoms with Gasteiger partial charge in [-0.25, -0.2) is 23.9 Å². The Balaban J connectivity index is 1.41. The number of piperazine rings is 1. The molecule has 0 radical (unpaired) electrons. The lowest BCUT2D eigenvalue weighted by atomic mass is 10.0. The average Bonchev–Trinajstić information content (AvgIpc) is 2.86. The Morgan fingerprint density at radius 3 is 2.42 bits per heavy atom. The molecule has 188 valence electrons. The van der Waals surface area contributed by atoms with E-state index in [4.69, 9.17) is 9.72 Å². The van der Waals surface area contributed by atoms with Crippen molar-refractivity contribution in [3.8, 4) is 0 Å². The topological polar surface area (TPSA) is 87.7 Å². The van der Waals surface area contributed by atoms with Gasteiger partial charge in [-0.3, -0.25) is 0 Å². The van der Waals surface area contributed by atoms with Crippen LogP contribution in [0.2, 0.25) is 0 Å². The van der Waals surface area contributed by atoms with Crippen LogP contribution < -0.4 is 10.2 Å². The number of anilines is 2.